The Morgan fingerprint density at radius 1 is 1.09 bits per heavy atom. The largest absolute Gasteiger partial charge is 0.456 e. The number of rotatable bonds is 5. The zero-order valence-electron chi connectivity index (χ0n) is 18.5. The van der Waals surface area contributed by atoms with Crippen LogP contribution in [0.2, 0.25) is 0 Å². The molecular weight excluding hydrogens is 421 g/mol. The molecule has 1 N–H and O–H groups in total. The van der Waals surface area contributed by atoms with Gasteiger partial charge in [-0.2, -0.15) is 5.10 Å². The maximum absolute atomic E-state index is 13.8. The summed E-state index contributed by atoms with van der Waals surface area (Å²) in [5, 5.41) is 8.40. The first kappa shape index (κ1) is 22.0. The summed E-state index contributed by atoms with van der Waals surface area (Å²) in [6, 6.07) is 15.1. The van der Waals surface area contributed by atoms with E-state index in [9.17, 15) is 14.0 Å². The van der Waals surface area contributed by atoms with E-state index in [0.717, 1.165) is 6.08 Å². The fourth-order valence-corrected chi connectivity index (χ4v) is 3.80. The van der Waals surface area contributed by atoms with Gasteiger partial charge in [0, 0.05) is 12.4 Å². The molecule has 0 fully saturated rings. The van der Waals surface area contributed by atoms with Gasteiger partial charge in [-0.15, -0.1) is 0 Å². The molecule has 7 heteroatoms. The van der Waals surface area contributed by atoms with Crippen LogP contribution < -0.4 is 15.6 Å². The second-order valence-electron chi connectivity index (χ2n) is 7.67. The molecule has 0 aliphatic carbocycles. The summed E-state index contributed by atoms with van der Waals surface area (Å²) in [5.41, 5.74) is 2.39. The molecule has 0 spiro atoms. The third kappa shape index (κ3) is 4.13. The van der Waals surface area contributed by atoms with Crippen molar-refractivity contribution >= 4 is 22.4 Å². The molecule has 1 amide bonds. The summed E-state index contributed by atoms with van der Waals surface area (Å²) in [6.07, 6.45) is 1.16. The lowest BCUT2D eigenvalue weighted by Crippen LogP contribution is -2.20. The van der Waals surface area contributed by atoms with Crippen LogP contribution in [0.25, 0.3) is 22.0 Å². The summed E-state index contributed by atoms with van der Waals surface area (Å²) in [5.74, 6) is 0.136. The Balaban J connectivity index is 2.02. The van der Waals surface area contributed by atoms with E-state index in [0.29, 0.717) is 50.3 Å². The minimum absolute atomic E-state index is 0.241. The number of aryl methyl sites for hydroxylation is 3. The zero-order chi connectivity index (χ0) is 23.7. The predicted octanol–water partition coefficient (Wildman–Crippen LogP) is 5.27. The second-order valence-corrected chi connectivity index (χ2v) is 7.67. The summed E-state index contributed by atoms with van der Waals surface area (Å²) < 4.78 is 21.4. The Morgan fingerprint density at radius 2 is 1.76 bits per heavy atom. The maximum atomic E-state index is 13.8. The molecule has 166 valence electrons. The van der Waals surface area contributed by atoms with Gasteiger partial charge in [-0.3, -0.25) is 9.59 Å². The lowest BCUT2D eigenvalue weighted by molar-refractivity contribution is -0.111. The lowest BCUT2D eigenvalue weighted by Gasteiger charge is -2.19. The molecule has 0 atom stereocenters. The highest BCUT2D eigenvalue weighted by Crippen LogP contribution is 2.42. The quantitative estimate of drug-likeness (QED) is 0.426. The Labute approximate surface area is 189 Å². The van der Waals surface area contributed by atoms with Crippen LogP contribution in [-0.4, -0.2) is 15.7 Å². The van der Waals surface area contributed by atoms with Gasteiger partial charge in [0.2, 0.25) is 5.91 Å². The first-order chi connectivity index (χ1) is 15.8. The fourth-order valence-electron chi connectivity index (χ4n) is 3.80. The molecule has 0 saturated heterocycles. The van der Waals surface area contributed by atoms with E-state index in [1.807, 2.05) is 6.07 Å². The van der Waals surface area contributed by atoms with Gasteiger partial charge >= 0.3 is 0 Å². The molecule has 0 aliphatic rings. The number of carbonyl (C=O) groups excluding carboxylic acids is 1. The van der Waals surface area contributed by atoms with Crippen molar-refractivity contribution in [2.24, 2.45) is 7.05 Å². The van der Waals surface area contributed by atoms with Crippen LogP contribution in [0, 0.1) is 19.7 Å². The smallest absolute Gasteiger partial charge is 0.274 e. The van der Waals surface area contributed by atoms with Crippen LogP contribution >= 0.6 is 0 Å². The van der Waals surface area contributed by atoms with Gasteiger partial charge in [-0.25, -0.2) is 9.07 Å². The second kappa shape index (κ2) is 8.70. The third-order valence-electron chi connectivity index (χ3n) is 5.30. The summed E-state index contributed by atoms with van der Waals surface area (Å²) in [4.78, 5) is 24.8. The zero-order valence-corrected chi connectivity index (χ0v) is 18.5. The number of nitrogens with one attached hydrogen (secondary N) is 1. The number of hydrogen-bond acceptors (Lipinski definition) is 4. The number of hydrogen-bond donors (Lipinski definition) is 1. The topological polar surface area (TPSA) is 73.2 Å². The molecule has 33 heavy (non-hydrogen) atoms. The molecular formula is C26H22FN3O3. The van der Waals surface area contributed by atoms with Crippen molar-refractivity contribution in [3.63, 3.8) is 0 Å². The van der Waals surface area contributed by atoms with E-state index >= 15 is 0 Å². The lowest BCUT2D eigenvalue weighted by atomic mass is 10.0. The van der Waals surface area contributed by atoms with Crippen LogP contribution in [0.3, 0.4) is 0 Å². The van der Waals surface area contributed by atoms with Crippen LogP contribution in [0.4, 0.5) is 10.1 Å². The van der Waals surface area contributed by atoms with Gasteiger partial charge in [-0.05, 0) is 61.4 Å². The molecule has 6 nitrogen and oxygen atoms in total. The number of anilines is 1. The van der Waals surface area contributed by atoms with E-state index in [2.05, 4.69) is 17.0 Å². The number of amides is 1. The minimum atomic E-state index is -0.406. The van der Waals surface area contributed by atoms with E-state index in [1.165, 1.54) is 16.8 Å². The van der Waals surface area contributed by atoms with Gasteiger partial charge in [0.25, 0.3) is 5.56 Å². The van der Waals surface area contributed by atoms with Crippen LogP contribution in [0.15, 0.2) is 72.0 Å². The first-order valence-corrected chi connectivity index (χ1v) is 10.3. The third-order valence-corrected chi connectivity index (χ3v) is 5.30. The van der Waals surface area contributed by atoms with Crippen molar-refractivity contribution < 1.29 is 13.9 Å². The van der Waals surface area contributed by atoms with E-state index in [4.69, 9.17) is 4.74 Å². The van der Waals surface area contributed by atoms with Gasteiger partial charge < -0.3 is 10.1 Å². The molecule has 1 heterocycles. The Morgan fingerprint density at radius 3 is 2.42 bits per heavy atom. The minimum Gasteiger partial charge on any atom is -0.456 e. The Bertz CT molecular complexity index is 1450. The molecule has 0 aliphatic heterocycles. The number of carbonyl (C=O) groups is 1. The number of fused-ring (bicyclic) bond motifs is 1. The average Bonchev–Trinajstić information content (AvgIpc) is 2.79. The van der Waals surface area contributed by atoms with Crippen molar-refractivity contribution in [1.82, 2.24) is 9.78 Å². The number of ether oxygens (including phenoxy) is 1. The molecule has 0 unspecified atom stereocenters. The van der Waals surface area contributed by atoms with E-state index in [1.54, 1.807) is 57.3 Å². The number of nitrogens with zero attached hydrogens (tertiary/aromatic N) is 2. The highest BCUT2D eigenvalue weighted by atomic mass is 19.1. The molecule has 1 aromatic heterocycles. The average molecular weight is 443 g/mol. The molecule has 0 bridgehead atoms. The van der Waals surface area contributed by atoms with Crippen molar-refractivity contribution in [1.29, 1.82) is 0 Å². The normalized spacial score (nSPS) is 10.8. The molecule has 4 rings (SSSR count). The molecule has 3 aromatic carbocycles. The standard InChI is InChI=1S/C26H22FN3O3/c1-5-22(31)28-20-11-8-12-21(33-25-15(2)13-17(27)14-16(25)3)23(20)24-18-9-6-7-10-19(18)26(32)30(4)29-24/h5-14H,1H2,2-4H3,(H,28,31). The van der Waals surface area contributed by atoms with Gasteiger partial charge in [0.1, 0.15) is 23.0 Å². The number of halogens is 1. The Hall–Kier alpha value is -4.26. The first-order valence-electron chi connectivity index (χ1n) is 10.3. The molecule has 0 radical (unpaired) electrons. The van der Waals surface area contributed by atoms with Crippen molar-refractivity contribution in [3.8, 4) is 22.8 Å². The van der Waals surface area contributed by atoms with E-state index < -0.39 is 5.91 Å². The van der Waals surface area contributed by atoms with Crippen molar-refractivity contribution in [3.05, 3.63) is 94.6 Å². The summed E-state index contributed by atoms with van der Waals surface area (Å²) in [7, 11) is 1.57. The summed E-state index contributed by atoms with van der Waals surface area (Å²) >= 11 is 0. The van der Waals surface area contributed by atoms with Gasteiger partial charge in [0.05, 0.1) is 16.6 Å². The van der Waals surface area contributed by atoms with Crippen LogP contribution in [0.5, 0.6) is 11.5 Å². The highest BCUT2D eigenvalue weighted by Gasteiger charge is 2.21. The van der Waals surface area contributed by atoms with Crippen molar-refractivity contribution in [2.45, 2.75) is 13.8 Å². The monoisotopic (exact) mass is 443 g/mol. The number of benzene rings is 3. The maximum Gasteiger partial charge on any atom is 0.274 e. The molecule has 0 saturated carbocycles. The van der Waals surface area contributed by atoms with Crippen molar-refractivity contribution in [2.75, 3.05) is 5.32 Å². The molecule has 4 aromatic rings. The van der Waals surface area contributed by atoms with Gasteiger partial charge in [0.15, 0.2) is 0 Å². The summed E-state index contributed by atoms with van der Waals surface area (Å²) in [6.45, 7) is 7.03. The van der Waals surface area contributed by atoms with Crippen LogP contribution in [0.1, 0.15) is 11.1 Å². The number of aromatic nitrogens is 2. The predicted molar refractivity (Wildman–Crippen MR) is 127 cm³/mol. The van der Waals surface area contributed by atoms with Crippen LogP contribution in [-0.2, 0) is 11.8 Å². The highest BCUT2D eigenvalue weighted by molar-refractivity contribution is 6.05. The fraction of sp³-hybridized carbons (Fsp3) is 0.115. The Kier molecular flexibility index (Phi) is 5.79. The van der Waals surface area contributed by atoms with Gasteiger partial charge in [-0.1, -0.05) is 30.8 Å². The van der Waals surface area contributed by atoms with E-state index in [-0.39, 0.29) is 11.4 Å². The SMILES string of the molecule is C=CC(=O)Nc1cccc(Oc2c(C)cc(F)cc2C)c1-c1nn(C)c(=O)c2ccccc12.